The Labute approximate surface area is 114 Å². The van der Waals surface area contributed by atoms with Crippen molar-refractivity contribution in [2.45, 2.75) is 24.4 Å². The second kappa shape index (κ2) is 4.67. The van der Waals surface area contributed by atoms with Crippen LogP contribution in [0.3, 0.4) is 0 Å². The van der Waals surface area contributed by atoms with Gasteiger partial charge in [-0.05, 0) is 29.5 Å². The summed E-state index contributed by atoms with van der Waals surface area (Å²) in [5, 5.41) is 11.1. The Kier molecular flexibility index (Phi) is 3.00. The highest BCUT2D eigenvalue weighted by Crippen LogP contribution is 2.46. The zero-order chi connectivity index (χ0) is 13.3. The fourth-order valence-electron chi connectivity index (χ4n) is 3.19. The number of benzene rings is 2. The summed E-state index contributed by atoms with van der Waals surface area (Å²) in [4.78, 5) is 0. The predicted octanol–water partition coefficient (Wildman–Crippen LogP) is 3.79. The van der Waals surface area contributed by atoms with E-state index in [1.54, 1.807) is 6.08 Å². The van der Waals surface area contributed by atoms with E-state index in [1.165, 1.54) is 11.1 Å². The van der Waals surface area contributed by atoms with E-state index in [2.05, 4.69) is 24.8 Å². The standard InChI is InChI=1S/C18H18O/c1-2-18(19)16-11-7-6-10-15(16)12-13-17(18)14-8-4-3-5-9-14/h2-11,17,19H,1,12-13H2/t17-,18+/m0/s1. The molecule has 0 aromatic heterocycles. The Hall–Kier alpha value is -1.86. The molecule has 1 nitrogen and oxygen atoms in total. The molecule has 0 radical (unpaired) electrons. The summed E-state index contributed by atoms with van der Waals surface area (Å²) >= 11 is 0. The highest BCUT2D eigenvalue weighted by atomic mass is 16.3. The van der Waals surface area contributed by atoms with Gasteiger partial charge in [-0.2, -0.15) is 0 Å². The van der Waals surface area contributed by atoms with Gasteiger partial charge in [0.2, 0.25) is 0 Å². The third-order valence-corrected chi connectivity index (χ3v) is 4.20. The first-order valence-corrected chi connectivity index (χ1v) is 6.75. The van der Waals surface area contributed by atoms with Crippen LogP contribution in [-0.2, 0) is 12.0 Å². The van der Waals surface area contributed by atoms with E-state index >= 15 is 0 Å². The SMILES string of the molecule is C=C[C@@]1(O)c2ccccc2CC[C@H]1c1ccccc1. The number of hydrogen-bond acceptors (Lipinski definition) is 1. The molecule has 1 aliphatic carbocycles. The Morgan fingerprint density at radius 1 is 1.05 bits per heavy atom. The zero-order valence-electron chi connectivity index (χ0n) is 10.9. The second-order valence-corrected chi connectivity index (χ2v) is 5.19. The van der Waals surface area contributed by atoms with Gasteiger partial charge in [-0.25, -0.2) is 0 Å². The molecule has 96 valence electrons. The van der Waals surface area contributed by atoms with Gasteiger partial charge < -0.3 is 5.11 Å². The number of hydrogen-bond donors (Lipinski definition) is 1. The highest BCUT2D eigenvalue weighted by molar-refractivity contribution is 5.43. The molecule has 0 saturated carbocycles. The maximum Gasteiger partial charge on any atom is 0.115 e. The largest absolute Gasteiger partial charge is 0.380 e. The van der Waals surface area contributed by atoms with Crippen LogP contribution in [0.2, 0.25) is 0 Å². The molecule has 2 aromatic carbocycles. The van der Waals surface area contributed by atoms with Gasteiger partial charge >= 0.3 is 0 Å². The molecule has 1 N–H and O–H groups in total. The van der Waals surface area contributed by atoms with Crippen LogP contribution in [0.25, 0.3) is 0 Å². The maximum absolute atomic E-state index is 11.1. The lowest BCUT2D eigenvalue weighted by molar-refractivity contribution is 0.0469. The first-order valence-electron chi connectivity index (χ1n) is 6.75. The van der Waals surface area contributed by atoms with Crippen molar-refractivity contribution in [1.82, 2.24) is 0 Å². The first-order chi connectivity index (χ1) is 9.25. The summed E-state index contributed by atoms with van der Waals surface area (Å²) in [5.74, 6) is 0.0844. The molecule has 0 spiro atoms. The molecular weight excluding hydrogens is 232 g/mol. The molecule has 0 unspecified atom stereocenters. The van der Waals surface area contributed by atoms with Gasteiger partial charge in [0.15, 0.2) is 0 Å². The van der Waals surface area contributed by atoms with E-state index in [0.717, 1.165) is 18.4 Å². The van der Waals surface area contributed by atoms with Gasteiger partial charge in [-0.3, -0.25) is 0 Å². The van der Waals surface area contributed by atoms with Gasteiger partial charge in [0, 0.05) is 5.92 Å². The van der Waals surface area contributed by atoms with Crippen molar-refractivity contribution in [3.8, 4) is 0 Å². The van der Waals surface area contributed by atoms with Crippen LogP contribution in [-0.4, -0.2) is 5.11 Å². The zero-order valence-corrected chi connectivity index (χ0v) is 10.9. The molecule has 0 fully saturated rings. The third-order valence-electron chi connectivity index (χ3n) is 4.20. The fourth-order valence-corrected chi connectivity index (χ4v) is 3.19. The summed E-state index contributed by atoms with van der Waals surface area (Å²) in [6, 6.07) is 18.4. The molecule has 0 heterocycles. The van der Waals surface area contributed by atoms with Crippen molar-refractivity contribution in [3.63, 3.8) is 0 Å². The van der Waals surface area contributed by atoms with Gasteiger partial charge in [0.1, 0.15) is 5.60 Å². The minimum Gasteiger partial charge on any atom is -0.380 e. The van der Waals surface area contributed by atoms with E-state index in [9.17, 15) is 5.11 Å². The van der Waals surface area contributed by atoms with Crippen molar-refractivity contribution in [3.05, 3.63) is 83.9 Å². The van der Waals surface area contributed by atoms with Crippen molar-refractivity contribution in [2.24, 2.45) is 0 Å². The summed E-state index contributed by atoms with van der Waals surface area (Å²) in [5.41, 5.74) is 2.46. The molecule has 0 amide bonds. The third kappa shape index (κ3) is 1.91. The van der Waals surface area contributed by atoms with Gasteiger partial charge in [0.05, 0.1) is 0 Å². The van der Waals surface area contributed by atoms with E-state index < -0.39 is 5.60 Å². The predicted molar refractivity (Wildman–Crippen MR) is 78.0 cm³/mol. The first kappa shape index (κ1) is 12.2. The fraction of sp³-hybridized carbons (Fsp3) is 0.222. The van der Waals surface area contributed by atoms with Crippen LogP contribution in [0.4, 0.5) is 0 Å². The van der Waals surface area contributed by atoms with Crippen LogP contribution >= 0.6 is 0 Å². The molecule has 1 heteroatoms. The van der Waals surface area contributed by atoms with Crippen molar-refractivity contribution in [2.75, 3.05) is 0 Å². The van der Waals surface area contributed by atoms with Gasteiger partial charge in [-0.15, -0.1) is 0 Å². The van der Waals surface area contributed by atoms with Gasteiger partial charge in [0.25, 0.3) is 0 Å². The number of fused-ring (bicyclic) bond motifs is 1. The number of aliphatic hydroxyl groups is 1. The van der Waals surface area contributed by atoms with Crippen LogP contribution in [0.1, 0.15) is 29.0 Å². The van der Waals surface area contributed by atoms with Crippen LogP contribution in [0.15, 0.2) is 67.3 Å². The molecule has 19 heavy (non-hydrogen) atoms. The Bertz CT molecular complexity index is 588. The lowest BCUT2D eigenvalue weighted by atomic mass is 9.69. The lowest BCUT2D eigenvalue weighted by Gasteiger charge is -2.39. The van der Waals surface area contributed by atoms with Crippen molar-refractivity contribution in [1.29, 1.82) is 0 Å². The minimum absolute atomic E-state index is 0.0844. The summed E-state index contributed by atoms with van der Waals surface area (Å²) < 4.78 is 0. The Morgan fingerprint density at radius 3 is 2.47 bits per heavy atom. The minimum atomic E-state index is -0.962. The number of rotatable bonds is 2. The Morgan fingerprint density at radius 2 is 1.74 bits per heavy atom. The summed E-state index contributed by atoms with van der Waals surface area (Å²) in [6.45, 7) is 3.88. The van der Waals surface area contributed by atoms with E-state index in [-0.39, 0.29) is 5.92 Å². The average molecular weight is 250 g/mol. The average Bonchev–Trinajstić information content (AvgIpc) is 2.49. The molecular formula is C18H18O. The monoisotopic (exact) mass is 250 g/mol. The van der Waals surface area contributed by atoms with E-state index in [0.29, 0.717) is 0 Å². The summed E-state index contributed by atoms with van der Waals surface area (Å²) in [6.07, 6.45) is 3.65. The molecule has 0 bridgehead atoms. The maximum atomic E-state index is 11.1. The second-order valence-electron chi connectivity index (χ2n) is 5.19. The quantitative estimate of drug-likeness (QED) is 0.804. The van der Waals surface area contributed by atoms with Crippen LogP contribution in [0, 0.1) is 0 Å². The molecule has 0 saturated heterocycles. The molecule has 2 aromatic rings. The normalized spacial score (nSPS) is 25.6. The van der Waals surface area contributed by atoms with E-state index in [4.69, 9.17) is 0 Å². The topological polar surface area (TPSA) is 20.2 Å². The Balaban J connectivity index is 2.12. The lowest BCUT2D eigenvalue weighted by Crippen LogP contribution is -2.36. The molecule has 0 aliphatic heterocycles. The van der Waals surface area contributed by atoms with Crippen molar-refractivity contribution < 1.29 is 5.11 Å². The van der Waals surface area contributed by atoms with E-state index in [1.807, 2.05) is 36.4 Å². The molecule has 1 aliphatic rings. The summed E-state index contributed by atoms with van der Waals surface area (Å²) in [7, 11) is 0. The van der Waals surface area contributed by atoms with Crippen LogP contribution < -0.4 is 0 Å². The van der Waals surface area contributed by atoms with Gasteiger partial charge in [-0.1, -0.05) is 67.3 Å². The van der Waals surface area contributed by atoms with Crippen LogP contribution in [0.5, 0.6) is 0 Å². The number of aryl methyl sites for hydroxylation is 1. The smallest absolute Gasteiger partial charge is 0.115 e. The molecule has 3 rings (SSSR count). The highest BCUT2D eigenvalue weighted by Gasteiger charge is 2.40. The van der Waals surface area contributed by atoms with Crippen molar-refractivity contribution >= 4 is 0 Å². The molecule has 2 atom stereocenters.